The summed E-state index contributed by atoms with van der Waals surface area (Å²) in [6, 6.07) is 8.43. The highest BCUT2D eigenvalue weighted by atomic mass is 32.1. The van der Waals surface area contributed by atoms with Crippen molar-refractivity contribution in [3.8, 4) is 21.8 Å². The van der Waals surface area contributed by atoms with Crippen LogP contribution in [0.3, 0.4) is 0 Å². The number of thiazole rings is 1. The molecule has 0 bridgehead atoms. The number of halogens is 1. The van der Waals surface area contributed by atoms with Gasteiger partial charge in [0, 0.05) is 24.7 Å². The van der Waals surface area contributed by atoms with Gasteiger partial charge in [-0.2, -0.15) is 0 Å². The zero-order chi connectivity index (χ0) is 18.8. The number of rotatable bonds is 4. The molecule has 3 heterocycles. The van der Waals surface area contributed by atoms with Crippen LogP contribution in [-0.4, -0.2) is 47.0 Å². The zero-order valence-corrected chi connectivity index (χ0v) is 16.3. The molecule has 4 rings (SSSR count). The number of nitrogens with zero attached hydrogens (tertiary/aromatic N) is 4. The Morgan fingerprint density at radius 2 is 1.85 bits per heavy atom. The molecule has 1 saturated heterocycles. The molecular weight excluding hydrogens is 361 g/mol. The molecule has 0 spiro atoms. The lowest BCUT2D eigenvalue weighted by molar-refractivity contribution is 0.255. The first-order valence-electron chi connectivity index (χ1n) is 9.10. The van der Waals surface area contributed by atoms with Crippen LogP contribution < -0.4 is 5.32 Å². The number of hydrogen-bond donors (Lipinski definition) is 1. The second-order valence-corrected chi connectivity index (χ2v) is 7.86. The Morgan fingerprint density at radius 3 is 2.56 bits per heavy atom. The number of hydrogen-bond acceptors (Lipinski definition) is 6. The lowest BCUT2D eigenvalue weighted by atomic mass is 9.98. The summed E-state index contributed by atoms with van der Waals surface area (Å²) in [5, 5.41) is 4.13. The fourth-order valence-corrected chi connectivity index (χ4v) is 4.58. The predicted molar refractivity (Wildman–Crippen MR) is 108 cm³/mol. The van der Waals surface area contributed by atoms with Crippen molar-refractivity contribution in [2.24, 2.45) is 0 Å². The van der Waals surface area contributed by atoms with E-state index in [0.29, 0.717) is 11.9 Å². The third kappa shape index (κ3) is 3.84. The second kappa shape index (κ2) is 7.70. The van der Waals surface area contributed by atoms with E-state index in [-0.39, 0.29) is 5.82 Å². The Hall–Kier alpha value is -2.38. The average molecular weight is 383 g/mol. The smallest absolute Gasteiger partial charge is 0.222 e. The minimum atomic E-state index is -0.245. The Kier molecular flexibility index (Phi) is 5.13. The van der Waals surface area contributed by atoms with Gasteiger partial charge in [-0.25, -0.2) is 19.3 Å². The van der Waals surface area contributed by atoms with Crippen LogP contribution in [0.5, 0.6) is 0 Å². The summed E-state index contributed by atoms with van der Waals surface area (Å²) in [6.45, 7) is 2.17. The Balaban J connectivity index is 1.78. The summed E-state index contributed by atoms with van der Waals surface area (Å²) < 4.78 is 13.4. The summed E-state index contributed by atoms with van der Waals surface area (Å²) >= 11 is 1.70. The Bertz CT molecular complexity index is 916. The molecule has 1 aliphatic rings. The van der Waals surface area contributed by atoms with Crippen LogP contribution in [0.15, 0.2) is 36.5 Å². The van der Waals surface area contributed by atoms with Crippen LogP contribution in [0.1, 0.15) is 23.8 Å². The van der Waals surface area contributed by atoms with Gasteiger partial charge in [0.15, 0.2) is 0 Å². The van der Waals surface area contributed by atoms with Crippen molar-refractivity contribution < 1.29 is 4.39 Å². The standard InChI is InChI=1S/C20H22FN5S/c1-22-20-23-10-7-16(24-20)18-17(13-3-5-15(21)6-4-13)25-19(27-18)14-8-11-26(2)12-9-14/h3-7,10,14H,8-9,11-12H2,1-2H3,(H,22,23,24). The second-order valence-electron chi connectivity index (χ2n) is 6.83. The topological polar surface area (TPSA) is 53.9 Å². The zero-order valence-electron chi connectivity index (χ0n) is 15.4. The fourth-order valence-electron chi connectivity index (χ4n) is 3.35. The van der Waals surface area contributed by atoms with Gasteiger partial charge in [0.2, 0.25) is 5.95 Å². The van der Waals surface area contributed by atoms with E-state index in [1.165, 1.54) is 12.1 Å². The molecule has 0 unspecified atom stereocenters. The molecule has 3 aromatic rings. The van der Waals surface area contributed by atoms with Gasteiger partial charge in [-0.3, -0.25) is 0 Å². The predicted octanol–water partition coefficient (Wildman–Crippen LogP) is 4.26. The summed E-state index contributed by atoms with van der Waals surface area (Å²) in [5.41, 5.74) is 2.62. The molecule has 7 heteroatoms. The number of benzene rings is 1. The van der Waals surface area contributed by atoms with Crippen LogP contribution in [-0.2, 0) is 0 Å². The number of piperidine rings is 1. The lowest BCUT2D eigenvalue weighted by Gasteiger charge is -2.27. The monoisotopic (exact) mass is 383 g/mol. The van der Waals surface area contributed by atoms with E-state index in [1.807, 2.05) is 6.07 Å². The van der Waals surface area contributed by atoms with Gasteiger partial charge in [0.05, 0.1) is 21.3 Å². The lowest BCUT2D eigenvalue weighted by Crippen LogP contribution is -2.29. The van der Waals surface area contributed by atoms with Gasteiger partial charge < -0.3 is 10.2 Å². The van der Waals surface area contributed by atoms with E-state index < -0.39 is 0 Å². The molecule has 1 aromatic carbocycles. The summed E-state index contributed by atoms with van der Waals surface area (Å²) in [7, 11) is 3.96. The first kappa shape index (κ1) is 18.0. The van der Waals surface area contributed by atoms with E-state index in [2.05, 4.69) is 27.2 Å². The molecule has 2 aromatic heterocycles. The third-order valence-electron chi connectivity index (χ3n) is 4.94. The Morgan fingerprint density at radius 1 is 1.11 bits per heavy atom. The molecule has 0 radical (unpaired) electrons. The number of anilines is 1. The van der Waals surface area contributed by atoms with E-state index in [0.717, 1.165) is 52.8 Å². The molecule has 140 valence electrons. The largest absolute Gasteiger partial charge is 0.357 e. The van der Waals surface area contributed by atoms with Crippen molar-refractivity contribution in [2.75, 3.05) is 32.5 Å². The van der Waals surface area contributed by atoms with Gasteiger partial charge in [0.25, 0.3) is 0 Å². The highest BCUT2D eigenvalue weighted by molar-refractivity contribution is 7.15. The number of aromatic nitrogens is 3. The highest BCUT2D eigenvalue weighted by Gasteiger charge is 2.25. The van der Waals surface area contributed by atoms with Crippen LogP contribution in [0.25, 0.3) is 21.8 Å². The number of likely N-dealkylation sites (tertiary alicyclic amines) is 1. The van der Waals surface area contributed by atoms with E-state index in [9.17, 15) is 4.39 Å². The summed E-state index contributed by atoms with van der Waals surface area (Å²) in [6.07, 6.45) is 3.97. The van der Waals surface area contributed by atoms with Crippen molar-refractivity contribution in [2.45, 2.75) is 18.8 Å². The Labute approximate surface area is 162 Å². The SMILES string of the molecule is CNc1nccc(-c2sc(C3CCN(C)CC3)nc2-c2ccc(F)cc2)n1. The first-order valence-corrected chi connectivity index (χ1v) is 9.92. The molecule has 1 aliphatic heterocycles. The van der Waals surface area contributed by atoms with Gasteiger partial charge in [-0.1, -0.05) is 0 Å². The minimum absolute atomic E-state index is 0.245. The van der Waals surface area contributed by atoms with Gasteiger partial charge >= 0.3 is 0 Å². The molecule has 27 heavy (non-hydrogen) atoms. The molecule has 1 fully saturated rings. The minimum Gasteiger partial charge on any atom is -0.357 e. The van der Waals surface area contributed by atoms with Gasteiger partial charge in [-0.15, -0.1) is 11.3 Å². The van der Waals surface area contributed by atoms with Crippen molar-refractivity contribution in [3.63, 3.8) is 0 Å². The maximum Gasteiger partial charge on any atom is 0.222 e. The number of nitrogens with one attached hydrogen (secondary N) is 1. The summed E-state index contributed by atoms with van der Waals surface area (Å²) in [4.78, 5) is 17.2. The van der Waals surface area contributed by atoms with Gasteiger partial charge in [-0.05, 0) is 63.3 Å². The molecule has 0 amide bonds. The molecule has 1 N–H and O–H groups in total. The van der Waals surface area contributed by atoms with E-state index >= 15 is 0 Å². The molecule has 5 nitrogen and oxygen atoms in total. The first-order chi connectivity index (χ1) is 13.1. The summed E-state index contributed by atoms with van der Waals surface area (Å²) in [5.74, 6) is 0.794. The quantitative estimate of drug-likeness (QED) is 0.730. The van der Waals surface area contributed by atoms with E-state index in [4.69, 9.17) is 4.98 Å². The highest BCUT2D eigenvalue weighted by Crippen LogP contribution is 2.41. The van der Waals surface area contributed by atoms with Crippen molar-refractivity contribution >= 4 is 17.3 Å². The maximum absolute atomic E-state index is 13.4. The van der Waals surface area contributed by atoms with Crippen molar-refractivity contribution in [1.82, 2.24) is 19.9 Å². The molecule has 0 atom stereocenters. The fraction of sp³-hybridized carbons (Fsp3) is 0.350. The van der Waals surface area contributed by atoms with Crippen LogP contribution in [0.2, 0.25) is 0 Å². The maximum atomic E-state index is 13.4. The van der Waals surface area contributed by atoms with Gasteiger partial charge in [0.1, 0.15) is 5.82 Å². The molecular formula is C20H22FN5S. The third-order valence-corrected chi connectivity index (χ3v) is 6.18. The van der Waals surface area contributed by atoms with Crippen LogP contribution >= 0.6 is 11.3 Å². The van der Waals surface area contributed by atoms with Crippen LogP contribution in [0, 0.1) is 5.82 Å². The van der Waals surface area contributed by atoms with Crippen molar-refractivity contribution in [3.05, 3.63) is 47.4 Å². The van der Waals surface area contributed by atoms with Crippen molar-refractivity contribution in [1.29, 1.82) is 0 Å². The van der Waals surface area contributed by atoms with E-state index in [1.54, 1.807) is 36.7 Å². The molecule has 0 aliphatic carbocycles. The molecule has 0 saturated carbocycles. The van der Waals surface area contributed by atoms with Crippen LogP contribution in [0.4, 0.5) is 10.3 Å². The normalized spacial score (nSPS) is 15.8. The average Bonchev–Trinajstić information content (AvgIpc) is 3.14.